The van der Waals surface area contributed by atoms with Crippen LogP contribution in [0, 0.1) is 17.2 Å². The molecule has 0 aromatic heterocycles. The summed E-state index contributed by atoms with van der Waals surface area (Å²) < 4.78 is 0. The van der Waals surface area contributed by atoms with Gasteiger partial charge in [-0.05, 0) is 12.8 Å². The summed E-state index contributed by atoms with van der Waals surface area (Å²) in [6, 6.07) is 2.10. The second-order valence-electron chi connectivity index (χ2n) is 4.86. The van der Waals surface area contributed by atoms with Gasteiger partial charge in [-0.2, -0.15) is 5.26 Å². The van der Waals surface area contributed by atoms with Crippen molar-refractivity contribution in [1.29, 1.82) is 5.26 Å². The number of hydrogen-bond acceptors (Lipinski definition) is 2. The fourth-order valence-corrected chi connectivity index (χ4v) is 2.07. The van der Waals surface area contributed by atoms with Crippen molar-refractivity contribution in [3.8, 4) is 6.07 Å². The topological polar surface area (TPSA) is 40.9 Å². The Labute approximate surface area is 106 Å². The lowest BCUT2D eigenvalue weighted by atomic mass is 9.97. The quantitative estimate of drug-likeness (QED) is 0.366. The van der Waals surface area contributed by atoms with Crippen LogP contribution in [-0.2, 0) is 4.79 Å². The van der Waals surface area contributed by atoms with Crippen molar-refractivity contribution in [3.63, 3.8) is 0 Å². The summed E-state index contributed by atoms with van der Waals surface area (Å²) in [6.07, 6.45) is 13.7. The lowest BCUT2D eigenvalue weighted by molar-refractivity contribution is -0.111. The van der Waals surface area contributed by atoms with Gasteiger partial charge in [-0.25, -0.2) is 0 Å². The van der Waals surface area contributed by atoms with Crippen LogP contribution in [0.4, 0.5) is 0 Å². The maximum absolute atomic E-state index is 10.7. The van der Waals surface area contributed by atoms with Crippen molar-refractivity contribution >= 4 is 6.29 Å². The second-order valence-corrected chi connectivity index (χ2v) is 4.86. The zero-order valence-corrected chi connectivity index (χ0v) is 11.3. The lowest BCUT2D eigenvalue weighted by Gasteiger charge is -2.07. The molecule has 0 radical (unpaired) electrons. The molecule has 0 aromatic rings. The van der Waals surface area contributed by atoms with Crippen molar-refractivity contribution in [2.24, 2.45) is 5.92 Å². The molecule has 2 nitrogen and oxygen atoms in total. The SMILES string of the molecule is CCCCCCCCCCC(C=O)CCC#N. The summed E-state index contributed by atoms with van der Waals surface area (Å²) in [5.74, 6) is 0.120. The fraction of sp³-hybridized carbons (Fsp3) is 0.867. The van der Waals surface area contributed by atoms with Gasteiger partial charge in [0.05, 0.1) is 6.07 Å². The normalized spacial score (nSPS) is 12.0. The van der Waals surface area contributed by atoms with Gasteiger partial charge in [-0.1, -0.05) is 58.3 Å². The van der Waals surface area contributed by atoms with E-state index in [2.05, 4.69) is 13.0 Å². The van der Waals surface area contributed by atoms with Crippen molar-refractivity contribution in [1.82, 2.24) is 0 Å². The van der Waals surface area contributed by atoms with Gasteiger partial charge in [0.1, 0.15) is 6.29 Å². The Morgan fingerprint density at radius 3 is 2.12 bits per heavy atom. The van der Waals surface area contributed by atoms with Crippen LogP contribution in [0.3, 0.4) is 0 Å². The molecule has 0 aliphatic carbocycles. The van der Waals surface area contributed by atoms with Crippen molar-refractivity contribution in [2.45, 2.75) is 77.6 Å². The standard InChI is InChI=1S/C15H27NO/c1-2-3-4-5-6-7-8-9-11-15(14-17)12-10-13-16/h14-15H,2-12H2,1H3. The minimum Gasteiger partial charge on any atom is -0.303 e. The molecule has 0 saturated heterocycles. The minimum atomic E-state index is 0.120. The Bertz CT molecular complexity index is 207. The van der Waals surface area contributed by atoms with Crippen LogP contribution in [0.15, 0.2) is 0 Å². The molecule has 2 heteroatoms. The lowest BCUT2D eigenvalue weighted by Crippen LogP contribution is -2.01. The monoisotopic (exact) mass is 237 g/mol. The van der Waals surface area contributed by atoms with Crippen LogP contribution in [-0.4, -0.2) is 6.29 Å². The van der Waals surface area contributed by atoms with Crippen molar-refractivity contribution in [3.05, 3.63) is 0 Å². The van der Waals surface area contributed by atoms with Crippen LogP contribution in [0.25, 0.3) is 0 Å². The number of unbranched alkanes of at least 4 members (excludes halogenated alkanes) is 7. The third-order valence-corrected chi connectivity index (χ3v) is 3.25. The number of rotatable bonds is 12. The Kier molecular flexibility index (Phi) is 12.6. The number of carbonyl (C=O) groups is 1. The molecule has 0 fully saturated rings. The molecule has 0 aliphatic rings. The molecule has 0 heterocycles. The van der Waals surface area contributed by atoms with E-state index in [0.29, 0.717) is 6.42 Å². The molecule has 0 saturated carbocycles. The van der Waals surface area contributed by atoms with E-state index in [1.165, 1.54) is 44.9 Å². The highest BCUT2D eigenvalue weighted by atomic mass is 16.1. The van der Waals surface area contributed by atoms with Crippen LogP contribution >= 0.6 is 0 Å². The predicted octanol–water partition coefficient (Wildman–Crippen LogP) is 4.64. The van der Waals surface area contributed by atoms with E-state index in [9.17, 15) is 4.79 Å². The van der Waals surface area contributed by atoms with Gasteiger partial charge in [0.15, 0.2) is 0 Å². The molecule has 0 N–H and O–H groups in total. The molecular weight excluding hydrogens is 210 g/mol. The van der Waals surface area contributed by atoms with Gasteiger partial charge in [0, 0.05) is 12.3 Å². The van der Waals surface area contributed by atoms with Crippen molar-refractivity contribution < 1.29 is 4.79 Å². The number of hydrogen-bond donors (Lipinski definition) is 0. The fourth-order valence-electron chi connectivity index (χ4n) is 2.07. The minimum absolute atomic E-state index is 0.120. The molecule has 1 unspecified atom stereocenters. The van der Waals surface area contributed by atoms with E-state index < -0.39 is 0 Å². The first-order valence-electron chi connectivity index (χ1n) is 7.17. The summed E-state index contributed by atoms with van der Waals surface area (Å²) in [7, 11) is 0. The van der Waals surface area contributed by atoms with Gasteiger partial charge in [-0.3, -0.25) is 0 Å². The summed E-state index contributed by atoms with van der Waals surface area (Å²) >= 11 is 0. The number of nitriles is 1. The molecule has 98 valence electrons. The summed E-state index contributed by atoms with van der Waals surface area (Å²) in [6.45, 7) is 2.24. The Morgan fingerprint density at radius 2 is 1.59 bits per heavy atom. The van der Waals surface area contributed by atoms with Crippen LogP contribution in [0.1, 0.15) is 77.6 Å². The third-order valence-electron chi connectivity index (χ3n) is 3.25. The molecular formula is C15H27NO. The van der Waals surface area contributed by atoms with Gasteiger partial charge in [0.25, 0.3) is 0 Å². The molecule has 0 rings (SSSR count). The molecule has 0 aliphatic heterocycles. The molecule has 1 atom stereocenters. The van der Waals surface area contributed by atoms with E-state index in [-0.39, 0.29) is 5.92 Å². The maximum Gasteiger partial charge on any atom is 0.123 e. The highest BCUT2D eigenvalue weighted by Crippen LogP contribution is 2.15. The zero-order valence-electron chi connectivity index (χ0n) is 11.3. The molecule has 0 amide bonds. The number of aldehydes is 1. The maximum atomic E-state index is 10.7. The van der Waals surface area contributed by atoms with E-state index in [1.54, 1.807) is 0 Å². The average molecular weight is 237 g/mol. The molecule has 0 spiro atoms. The van der Waals surface area contributed by atoms with E-state index in [1.807, 2.05) is 0 Å². The van der Waals surface area contributed by atoms with Gasteiger partial charge in [0.2, 0.25) is 0 Å². The first kappa shape index (κ1) is 16.2. The van der Waals surface area contributed by atoms with Crippen molar-refractivity contribution in [2.75, 3.05) is 0 Å². The molecule has 17 heavy (non-hydrogen) atoms. The largest absolute Gasteiger partial charge is 0.303 e. The van der Waals surface area contributed by atoms with Gasteiger partial charge < -0.3 is 4.79 Å². The zero-order chi connectivity index (χ0) is 12.8. The number of carbonyl (C=O) groups excluding carboxylic acids is 1. The van der Waals surface area contributed by atoms with Crippen LogP contribution in [0.2, 0.25) is 0 Å². The molecule has 0 aromatic carbocycles. The van der Waals surface area contributed by atoms with E-state index in [0.717, 1.165) is 25.5 Å². The Balaban J connectivity index is 3.25. The summed E-state index contributed by atoms with van der Waals surface area (Å²) in [5, 5.41) is 8.46. The number of nitrogens with zero attached hydrogens (tertiary/aromatic N) is 1. The van der Waals surface area contributed by atoms with Gasteiger partial charge in [-0.15, -0.1) is 0 Å². The predicted molar refractivity (Wildman–Crippen MR) is 71.6 cm³/mol. The first-order valence-corrected chi connectivity index (χ1v) is 7.17. The first-order chi connectivity index (χ1) is 8.35. The smallest absolute Gasteiger partial charge is 0.123 e. The highest BCUT2D eigenvalue weighted by Gasteiger charge is 2.06. The van der Waals surface area contributed by atoms with Crippen LogP contribution in [0.5, 0.6) is 0 Å². The average Bonchev–Trinajstić information content (AvgIpc) is 2.36. The molecule has 0 bridgehead atoms. The second kappa shape index (κ2) is 13.2. The third kappa shape index (κ3) is 11.4. The Morgan fingerprint density at radius 1 is 1.00 bits per heavy atom. The summed E-state index contributed by atoms with van der Waals surface area (Å²) in [5.41, 5.74) is 0. The van der Waals surface area contributed by atoms with E-state index in [4.69, 9.17) is 5.26 Å². The Hall–Kier alpha value is -0.840. The van der Waals surface area contributed by atoms with Gasteiger partial charge >= 0.3 is 0 Å². The highest BCUT2D eigenvalue weighted by molar-refractivity contribution is 5.53. The van der Waals surface area contributed by atoms with Crippen LogP contribution < -0.4 is 0 Å². The van der Waals surface area contributed by atoms with E-state index >= 15 is 0 Å². The summed E-state index contributed by atoms with van der Waals surface area (Å²) in [4.78, 5) is 10.7.